The minimum atomic E-state index is 0.159. The molecule has 2 aromatic heterocycles. The summed E-state index contributed by atoms with van der Waals surface area (Å²) in [6.45, 7) is 2.00. The Bertz CT molecular complexity index is 467. The molecule has 78 valence electrons. The van der Waals surface area contributed by atoms with E-state index in [4.69, 9.17) is 16.0 Å². The van der Waals surface area contributed by atoms with Crippen LogP contribution >= 0.6 is 27.5 Å². The highest BCUT2D eigenvalue weighted by atomic mass is 79.9. The van der Waals surface area contributed by atoms with Gasteiger partial charge in [-0.2, -0.15) is 0 Å². The SMILES string of the molecule is CCc1nc(Cl)oc1-c1ccc(Br)cn1. The number of halogens is 2. The Kier molecular flexibility index (Phi) is 3.07. The van der Waals surface area contributed by atoms with Gasteiger partial charge in [-0.3, -0.25) is 4.98 Å². The van der Waals surface area contributed by atoms with Crippen LogP contribution in [-0.2, 0) is 6.42 Å². The van der Waals surface area contributed by atoms with E-state index in [-0.39, 0.29) is 5.35 Å². The molecule has 0 aliphatic rings. The van der Waals surface area contributed by atoms with E-state index in [1.807, 2.05) is 19.1 Å². The first-order chi connectivity index (χ1) is 7.20. The third-order valence-corrected chi connectivity index (χ3v) is 2.60. The number of rotatable bonds is 2. The fourth-order valence-corrected chi connectivity index (χ4v) is 1.69. The van der Waals surface area contributed by atoms with Crippen molar-refractivity contribution in [3.8, 4) is 11.5 Å². The van der Waals surface area contributed by atoms with Gasteiger partial charge in [-0.05, 0) is 46.1 Å². The molecule has 0 amide bonds. The van der Waals surface area contributed by atoms with Crippen molar-refractivity contribution in [2.75, 3.05) is 0 Å². The normalized spacial score (nSPS) is 10.6. The Hall–Kier alpha value is -0.870. The maximum Gasteiger partial charge on any atom is 0.292 e. The van der Waals surface area contributed by atoms with Crippen LogP contribution in [0.2, 0.25) is 5.35 Å². The first-order valence-corrected chi connectivity index (χ1v) is 5.65. The fraction of sp³-hybridized carbons (Fsp3) is 0.200. The predicted molar refractivity (Wildman–Crippen MR) is 61.8 cm³/mol. The highest BCUT2D eigenvalue weighted by Crippen LogP contribution is 2.26. The van der Waals surface area contributed by atoms with Crippen molar-refractivity contribution in [1.82, 2.24) is 9.97 Å². The lowest BCUT2D eigenvalue weighted by atomic mass is 10.2. The molecule has 0 radical (unpaired) electrons. The van der Waals surface area contributed by atoms with Crippen LogP contribution in [0.1, 0.15) is 12.6 Å². The lowest BCUT2D eigenvalue weighted by Gasteiger charge is -1.97. The molecule has 2 aromatic rings. The topological polar surface area (TPSA) is 38.9 Å². The second-order valence-corrected chi connectivity index (χ2v) is 4.20. The number of aryl methyl sites for hydroxylation is 1. The monoisotopic (exact) mass is 286 g/mol. The molecule has 2 rings (SSSR count). The Morgan fingerprint density at radius 2 is 2.27 bits per heavy atom. The van der Waals surface area contributed by atoms with Gasteiger partial charge in [0.1, 0.15) is 5.69 Å². The van der Waals surface area contributed by atoms with Crippen molar-refractivity contribution < 1.29 is 4.42 Å². The van der Waals surface area contributed by atoms with Gasteiger partial charge in [0, 0.05) is 10.7 Å². The molecule has 0 N–H and O–H groups in total. The van der Waals surface area contributed by atoms with Crippen molar-refractivity contribution in [3.05, 3.63) is 33.8 Å². The van der Waals surface area contributed by atoms with Gasteiger partial charge in [0.15, 0.2) is 5.76 Å². The Morgan fingerprint density at radius 1 is 1.47 bits per heavy atom. The minimum Gasteiger partial charge on any atom is -0.426 e. The number of hydrogen-bond donors (Lipinski definition) is 0. The van der Waals surface area contributed by atoms with Crippen LogP contribution in [0.15, 0.2) is 27.2 Å². The van der Waals surface area contributed by atoms with Crippen LogP contribution in [0.5, 0.6) is 0 Å². The van der Waals surface area contributed by atoms with Crippen molar-refractivity contribution >= 4 is 27.5 Å². The molecule has 0 saturated carbocycles. The summed E-state index contributed by atoms with van der Waals surface area (Å²) in [5, 5.41) is 0.159. The summed E-state index contributed by atoms with van der Waals surface area (Å²) in [6.07, 6.45) is 2.48. The molecule has 0 aliphatic carbocycles. The van der Waals surface area contributed by atoms with E-state index in [9.17, 15) is 0 Å². The zero-order valence-electron chi connectivity index (χ0n) is 8.00. The molecule has 0 spiro atoms. The second kappa shape index (κ2) is 4.33. The van der Waals surface area contributed by atoms with Crippen LogP contribution < -0.4 is 0 Å². The maximum atomic E-state index is 5.71. The number of nitrogens with zero attached hydrogens (tertiary/aromatic N) is 2. The molecule has 0 atom stereocenters. The van der Waals surface area contributed by atoms with Gasteiger partial charge in [-0.15, -0.1) is 0 Å². The highest BCUT2D eigenvalue weighted by molar-refractivity contribution is 9.10. The van der Waals surface area contributed by atoms with Gasteiger partial charge in [0.25, 0.3) is 5.35 Å². The summed E-state index contributed by atoms with van der Waals surface area (Å²) in [6, 6.07) is 3.76. The fourth-order valence-electron chi connectivity index (χ4n) is 1.27. The van der Waals surface area contributed by atoms with E-state index in [0.29, 0.717) is 5.76 Å². The molecule has 0 saturated heterocycles. The summed E-state index contributed by atoms with van der Waals surface area (Å²) in [5.74, 6) is 0.648. The Balaban J connectivity index is 2.48. The van der Waals surface area contributed by atoms with Gasteiger partial charge in [0.05, 0.1) is 5.69 Å². The zero-order valence-corrected chi connectivity index (χ0v) is 10.3. The lowest BCUT2D eigenvalue weighted by Crippen LogP contribution is -1.86. The number of pyridine rings is 1. The van der Waals surface area contributed by atoms with E-state index in [1.165, 1.54) is 0 Å². The van der Waals surface area contributed by atoms with Crippen molar-refractivity contribution in [2.45, 2.75) is 13.3 Å². The summed E-state index contributed by atoms with van der Waals surface area (Å²) in [7, 11) is 0. The molecule has 0 aromatic carbocycles. The van der Waals surface area contributed by atoms with E-state index < -0.39 is 0 Å². The van der Waals surface area contributed by atoms with Gasteiger partial charge < -0.3 is 4.42 Å². The standard InChI is InChI=1S/C10H8BrClN2O/c1-2-7-9(15-10(12)14-7)8-4-3-6(11)5-13-8/h3-5H,2H2,1H3. The van der Waals surface area contributed by atoms with Crippen molar-refractivity contribution in [1.29, 1.82) is 0 Å². The van der Waals surface area contributed by atoms with Gasteiger partial charge in [-0.25, -0.2) is 4.98 Å². The van der Waals surface area contributed by atoms with Gasteiger partial charge in [0.2, 0.25) is 0 Å². The third kappa shape index (κ3) is 2.21. The molecule has 3 nitrogen and oxygen atoms in total. The zero-order chi connectivity index (χ0) is 10.8. The van der Waals surface area contributed by atoms with Crippen molar-refractivity contribution in [3.63, 3.8) is 0 Å². The summed E-state index contributed by atoms with van der Waals surface area (Å²) >= 11 is 9.03. The van der Waals surface area contributed by atoms with Crippen LogP contribution in [0.3, 0.4) is 0 Å². The Labute approximate surface area is 101 Å². The first kappa shape index (κ1) is 10.6. The van der Waals surface area contributed by atoms with E-state index in [0.717, 1.165) is 22.3 Å². The molecule has 2 heterocycles. The van der Waals surface area contributed by atoms with Gasteiger partial charge >= 0.3 is 0 Å². The van der Waals surface area contributed by atoms with Crippen LogP contribution in [0.25, 0.3) is 11.5 Å². The van der Waals surface area contributed by atoms with Crippen LogP contribution in [0.4, 0.5) is 0 Å². The second-order valence-electron chi connectivity index (χ2n) is 2.96. The Morgan fingerprint density at radius 3 is 2.87 bits per heavy atom. The number of aromatic nitrogens is 2. The van der Waals surface area contributed by atoms with Crippen LogP contribution in [-0.4, -0.2) is 9.97 Å². The van der Waals surface area contributed by atoms with Crippen LogP contribution in [0, 0.1) is 0 Å². The molecule has 0 unspecified atom stereocenters. The molecular formula is C10H8BrClN2O. The summed E-state index contributed by atoms with van der Waals surface area (Å²) < 4.78 is 6.23. The average Bonchev–Trinajstić information content (AvgIpc) is 2.61. The van der Waals surface area contributed by atoms with Crippen molar-refractivity contribution in [2.24, 2.45) is 0 Å². The largest absolute Gasteiger partial charge is 0.426 e. The first-order valence-electron chi connectivity index (χ1n) is 4.48. The molecule has 15 heavy (non-hydrogen) atoms. The average molecular weight is 288 g/mol. The smallest absolute Gasteiger partial charge is 0.292 e. The van der Waals surface area contributed by atoms with E-state index >= 15 is 0 Å². The molecule has 5 heteroatoms. The number of oxazole rings is 1. The molecular weight excluding hydrogens is 279 g/mol. The van der Waals surface area contributed by atoms with Gasteiger partial charge in [-0.1, -0.05) is 6.92 Å². The summed E-state index contributed by atoms with van der Waals surface area (Å²) in [5.41, 5.74) is 1.57. The minimum absolute atomic E-state index is 0.159. The lowest BCUT2D eigenvalue weighted by molar-refractivity contribution is 0.571. The highest BCUT2D eigenvalue weighted by Gasteiger charge is 2.13. The summed E-state index contributed by atoms with van der Waals surface area (Å²) in [4.78, 5) is 8.31. The quantitative estimate of drug-likeness (QED) is 0.845. The molecule has 0 fully saturated rings. The predicted octanol–water partition coefficient (Wildman–Crippen LogP) is 3.71. The third-order valence-electron chi connectivity index (χ3n) is 1.97. The van der Waals surface area contributed by atoms with E-state index in [1.54, 1.807) is 6.20 Å². The number of hydrogen-bond acceptors (Lipinski definition) is 3. The molecule has 0 bridgehead atoms. The van der Waals surface area contributed by atoms with E-state index in [2.05, 4.69) is 25.9 Å². The maximum absolute atomic E-state index is 5.71. The molecule has 0 aliphatic heterocycles.